The summed E-state index contributed by atoms with van der Waals surface area (Å²) < 4.78 is 25.6. The van der Waals surface area contributed by atoms with Crippen molar-refractivity contribution in [3.63, 3.8) is 0 Å². The van der Waals surface area contributed by atoms with Crippen LogP contribution in [0.15, 0.2) is 22.0 Å². The summed E-state index contributed by atoms with van der Waals surface area (Å²) in [5.74, 6) is 5.39. The SMILES string of the molecule is CC(C)(CCS(=O)CCCS(=O)CCC(C)(C)CN1C(=S)C=C2SCCC2C1=S)CN1C(=S)C=C2SCCC2C1=S. The molecule has 0 N–H and O–H groups in total. The summed E-state index contributed by atoms with van der Waals surface area (Å²) in [4.78, 5) is 10.5. The Kier molecular flexibility index (Phi) is 12.3. The molecule has 12 heteroatoms. The topological polar surface area (TPSA) is 40.6 Å². The molecule has 0 aliphatic carbocycles. The van der Waals surface area contributed by atoms with Crippen LogP contribution in [-0.2, 0) is 21.6 Å². The first-order valence-electron chi connectivity index (χ1n) is 14.4. The van der Waals surface area contributed by atoms with E-state index < -0.39 is 21.6 Å². The van der Waals surface area contributed by atoms with Gasteiger partial charge in [-0.1, -0.05) is 76.6 Å². The molecular weight excluding hydrogens is 665 g/mol. The summed E-state index contributed by atoms with van der Waals surface area (Å²) >= 11 is 26.7. The van der Waals surface area contributed by atoms with Crippen molar-refractivity contribution in [1.82, 2.24) is 9.80 Å². The highest BCUT2D eigenvalue weighted by Crippen LogP contribution is 2.42. The van der Waals surface area contributed by atoms with Gasteiger partial charge in [0, 0.05) is 69.5 Å². The van der Waals surface area contributed by atoms with Crippen molar-refractivity contribution in [1.29, 1.82) is 0 Å². The van der Waals surface area contributed by atoms with E-state index in [1.165, 1.54) is 9.81 Å². The third-order valence-electron chi connectivity index (χ3n) is 8.16. The Morgan fingerprint density at radius 1 is 0.732 bits per heavy atom. The van der Waals surface area contributed by atoms with Crippen LogP contribution in [0.25, 0.3) is 0 Å². The van der Waals surface area contributed by atoms with Crippen LogP contribution in [0.4, 0.5) is 0 Å². The molecule has 4 nitrogen and oxygen atoms in total. The standard InChI is InChI=1S/C29H42N2O2S8/c1-28(2,18-30-24(34)16-22-20(26(30)36)6-10-38-22)8-14-40(32)12-5-13-41(33)15-9-29(3,4)19-31-25(35)17-23-21(27(31)37)7-11-39-23/h16-17,20-21H,5-15,18-19H2,1-4H3. The van der Waals surface area contributed by atoms with Crippen molar-refractivity contribution >= 4 is 114 Å². The second kappa shape index (κ2) is 14.7. The van der Waals surface area contributed by atoms with Gasteiger partial charge in [0.05, 0.1) is 9.98 Å². The van der Waals surface area contributed by atoms with Gasteiger partial charge in [0.1, 0.15) is 9.98 Å². The Balaban J connectivity index is 1.14. The minimum Gasteiger partial charge on any atom is -0.326 e. The van der Waals surface area contributed by atoms with Crippen LogP contribution in [0.2, 0.25) is 0 Å². The highest BCUT2D eigenvalue weighted by molar-refractivity contribution is 8.03. The molecular formula is C29H42N2O2S8. The quantitative estimate of drug-likeness (QED) is 0.178. The van der Waals surface area contributed by atoms with Crippen LogP contribution < -0.4 is 0 Å². The molecule has 4 unspecified atom stereocenters. The molecule has 4 rings (SSSR count). The number of thioether (sulfide) groups is 2. The zero-order valence-electron chi connectivity index (χ0n) is 24.5. The van der Waals surface area contributed by atoms with Crippen molar-refractivity contribution in [2.24, 2.45) is 22.7 Å². The molecule has 0 amide bonds. The first-order valence-corrected chi connectivity index (χ1v) is 20.9. The monoisotopic (exact) mass is 706 g/mol. The molecule has 0 aromatic rings. The maximum Gasteiger partial charge on any atom is 0.107 e. The minimum atomic E-state index is -0.924. The number of hydrogen-bond acceptors (Lipinski definition) is 8. The molecule has 2 fully saturated rings. The molecule has 0 saturated carbocycles. The Morgan fingerprint density at radius 3 is 1.51 bits per heavy atom. The van der Waals surface area contributed by atoms with Gasteiger partial charge < -0.3 is 9.80 Å². The molecule has 0 aromatic carbocycles. The van der Waals surface area contributed by atoms with Crippen LogP contribution in [0.1, 0.15) is 59.8 Å². The average molecular weight is 707 g/mol. The number of rotatable bonds is 14. The zero-order chi connectivity index (χ0) is 29.9. The largest absolute Gasteiger partial charge is 0.326 e. The second-order valence-corrected chi connectivity index (χ2v) is 20.3. The van der Waals surface area contributed by atoms with E-state index in [1.807, 2.05) is 23.5 Å². The molecule has 41 heavy (non-hydrogen) atoms. The van der Waals surface area contributed by atoms with Gasteiger partial charge in [-0.25, -0.2) is 0 Å². The summed E-state index contributed by atoms with van der Waals surface area (Å²) in [7, 11) is -1.85. The van der Waals surface area contributed by atoms with Gasteiger partial charge in [-0.3, -0.25) is 8.42 Å². The second-order valence-electron chi connectivity index (χ2n) is 12.9. The molecule has 0 radical (unpaired) electrons. The van der Waals surface area contributed by atoms with E-state index in [9.17, 15) is 8.42 Å². The van der Waals surface area contributed by atoms with E-state index in [0.717, 1.165) is 76.7 Å². The van der Waals surface area contributed by atoms with Crippen LogP contribution in [0.3, 0.4) is 0 Å². The summed E-state index contributed by atoms with van der Waals surface area (Å²) in [6.07, 6.45) is 8.84. The smallest absolute Gasteiger partial charge is 0.107 e. The van der Waals surface area contributed by atoms with E-state index >= 15 is 0 Å². The van der Waals surface area contributed by atoms with Crippen molar-refractivity contribution < 1.29 is 8.42 Å². The summed E-state index contributed by atoms with van der Waals surface area (Å²) in [5, 5.41) is 0. The van der Waals surface area contributed by atoms with Crippen molar-refractivity contribution in [3.05, 3.63) is 22.0 Å². The average Bonchev–Trinajstić information content (AvgIpc) is 3.56. The van der Waals surface area contributed by atoms with Gasteiger partial charge in [0.15, 0.2) is 0 Å². The van der Waals surface area contributed by atoms with E-state index in [0.29, 0.717) is 34.8 Å². The van der Waals surface area contributed by atoms with Gasteiger partial charge in [0.25, 0.3) is 0 Å². The van der Waals surface area contributed by atoms with Crippen LogP contribution in [-0.4, -0.2) is 85.8 Å². The minimum absolute atomic E-state index is 0.0534. The van der Waals surface area contributed by atoms with Gasteiger partial charge in [-0.05, 0) is 76.4 Å². The lowest BCUT2D eigenvalue weighted by atomic mass is 9.88. The molecule has 0 aromatic heterocycles. The molecule has 2 saturated heterocycles. The first-order chi connectivity index (χ1) is 19.3. The Morgan fingerprint density at radius 2 is 1.12 bits per heavy atom. The predicted molar refractivity (Wildman–Crippen MR) is 198 cm³/mol. The number of hydrogen-bond donors (Lipinski definition) is 0. The molecule has 0 spiro atoms. The van der Waals surface area contributed by atoms with E-state index in [1.54, 1.807) is 0 Å². The van der Waals surface area contributed by atoms with Crippen LogP contribution >= 0.6 is 72.4 Å². The fourth-order valence-corrected chi connectivity index (χ4v) is 12.9. The third-order valence-corrected chi connectivity index (χ3v) is 15.0. The van der Waals surface area contributed by atoms with Crippen molar-refractivity contribution in [2.45, 2.75) is 59.8 Å². The Bertz CT molecular complexity index is 1100. The molecule has 228 valence electrons. The number of fused-ring (bicyclic) bond motifs is 2. The van der Waals surface area contributed by atoms with Crippen LogP contribution in [0.5, 0.6) is 0 Å². The Labute approximate surface area is 282 Å². The van der Waals surface area contributed by atoms with Crippen molar-refractivity contribution in [3.8, 4) is 0 Å². The summed E-state index contributed by atoms with van der Waals surface area (Å²) in [6.45, 7) is 10.4. The lowest BCUT2D eigenvalue weighted by Gasteiger charge is -2.38. The lowest BCUT2D eigenvalue weighted by Crippen LogP contribution is -2.46. The highest BCUT2D eigenvalue weighted by atomic mass is 32.2. The molecule has 4 heterocycles. The molecule has 4 aliphatic rings. The summed E-state index contributed by atoms with van der Waals surface area (Å²) in [6, 6.07) is 0. The number of nitrogens with zero attached hydrogens (tertiary/aromatic N) is 2. The number of thiocarbonyl (C=S) groups is 4. The van der Waals surface area contributed by atoms with Crippen molar-refractivity contribution in [2.75, 3.05) is 47.6 Å². The zero-order valence-corrected chi connectivity index (χ0v) is 31.0. The van der Waals surface area contributed by atoms with E-state index in [4.69, 9.17) is 48.9 Å². The third kappa shape index (κ3) is 9.23. The van der Waals surface area contributed by atoms with Crippen LogP contribution in [0, 0.1) is 22.7 Å². The fourth-order valence-electron chi connectivity index (χ4n) is 5.53. The fraction of sp³-hybridized carbons (Fsp3) is 0.724. The van der Waals surface area contributed by atoms with Gasteiger partial charge >= 0.3 is 0 Å². The van der Waals surface area contributed by atoms with E-state index in [-0.39, 0.29) is 10.8 Å². The molecule has 0 bridgehead atoms. The molecule has 4 aliphatic heterocycles. The van der Waals surface area contributed by atoms with Gasteiger partial charge in [0.2, 0.25) is 0 Å². The van der Waals surface area contributed by atoms with Gasteiger partial charge in [-0.2, -0.15) is 0 Å². The predicted octanol–water partition coefficient (Wildman–Crippen LogP) is 6.92. The normalized spacial score (nSPS) is 24.8. The maximum atomic E-state index is 12.8. The maximum absolute atomic E-state index is 12.8. The Hall–Kier alpha value is 0.440. The van der Waals surface area contributed by atoms with E-state index in [2.05, 4.69) is 49.6 Å². The lowest BCUT2D eigenvalue weighted by molar-refractivity contribution is 0.296. The highest BCUT2D eigenvalue weighted by Gasteiger charge is 2.38. The molecule has 4 atom stereocenters. The van der Waals surface area contributed by atoms with Gasteiger partial charge in [-0.15, -0.1) is 23.5 Å². The summed E-state index contributed by atoms with van der Waals surface area (Å²) in [5.41, 5.74) is -0.107. The first kappa shape index (κ1) is 34.3.